The van der Waals surface area contributed by atoms with Crippen LogP contribution in [0.5, 0.6) is 0 Å². The van der Waals surface area contributed by atoms with Crippen LogP contribution in [-0.4, -0.2) is 54.7 Å². The van der Waals surface area contributed by atoms with Crippen LogP contribution in [0.2, 0.25) is 0 Å². The summed E-state index contributed by atoms with van der Waals surface area (Å²) < 4.78 is 11.1. The second kappa shape index (κ2) is 8.93. The van der Waals surface area contributed by atoms with Crippen molar-refractivity contribution < 1.29 is 19.1 Å². The number of thiophene rings is 1. The van der Waals surface area contributed by atoms with Crippen molar-refractivity contribution in [3.8, 4) is 0 Å². The van der Waals surface area contributed by atoms with Gasteiger partial charge in [0, 0.05) is 18.0 Å². The highest BCUT2D eigenvalue weighted by Crippen LogP contribution is 2.40. The van der Waals surface area contributed by atoms with E-state index in [1.165, 1.54) is 16.2 Å². The number of anilines is 1. The fraction of sp³-hybridized carbons (Fsp3) is 0.714. The van der Waals surface area contributed by atoms with Crippen molar-refractivity contribution in [1.82, 2.24) is 4.90 Å². The minimum Gasteiger partial charge on any atom is -0.462 e. The summed E-state index contributed by atoms with van der Waals surface area (Å²) in [6.45, 7) is 11.8. The van der Waals surface area contributed by atoms with E-state index in [1.54, 1.807) is 6.92 Å². The summed E-state index contributed by atoms with van der Waals surface area (Å²) in [5, 5.41) is 3.69. The number of carbonyl (C=O) groups is 2. The van der Waals surface area contributed by atoms with Crippen LogP contribution < -0.4 is 5.32 Å². The van der Waals surface area contributed by atoms with Crippen molar-refractivity contribution in [2.24, 2.45) is 5.92 Å². The number of hydrogen-bond acceptors (Lipinski definition) is 6. The zero-order chi connectivity index (χ0) is 20.4. The van der Waals surface area contributed by atoms with Gasteiger partial charge >= 0.3 is 5.97 Å². The van der Waals surface area contributed by atoms with Crippen LogP contribution in [0.15, 0.2) is 0 Å². The topological polar surface area (TPSA) is 67.9 Å². The normalized spacial score (nSPS) is 26.4. The maximum Gasteiger partial charge on any atom is 0.341 e. The first-order chi connectivity index (χ1) is 13.3. The van der Waals surface area contributed by atoms with Gasteiger partial charge in [-0.05, 0) is 58.4 Å². The second-order valence-electron chi connectivity index (χ2n) is 8.15. The van der Waals surface area contributed by atoms with Crippen molar-refractivity contribution in [2.45, 2.75) is 72.1 Å². The molecule has 0 saturated carbocycles. The molecule has 3 rings (SSSR count). The first-order valence-corrected chi connectivity index (χ1v) is 11.1. The lowest BCUT2D eigenvalue weighted by Gasteiger charge is -2.38. The van der Waals surface area contributed by atoms with Crippen LogP contribution in [0.1, 0.15) is 61.8 Å². The molecular weight excluding hydrogens is 376 g/mol. The minimum absolute atomic E-state index is 0.0847. The molecule has 6 nitrogen and oxygen atoms in total. The third kappa shape index (κ3) is 4.58. The molecule has 2 heterocycles. The molecule has 0 radical (unpaired) electrons. The summed E-state index contributed by atoms with van der Waals surface area (Å²) in [5.41, 5.74) is 1.64. The number of hydrogen-bond donors (Lipinski definition) is 1. The van der Waals surface area contributed by atoms with Gasteiger partial charge in [-0.25, -0.2) is 4.79 Å². The summed E-state index contributed by atoms with van der Waals surface area (Å²) in [5.74, 6) is 0.185. The van der Waals surface area contributed by atoms with Gasteiger partial charge in [-0.15, -0.1) is 11.3 Å². The lowest BCUT2D eigenvalue weighted by molar-refractivity contribution is -0.126. The lowest BCUT2D eigenvalue weighted by atomic mass is 9.88. The van der Waals surface area contributed by atoms with Crippen LogP contribution in [0.4, 0.5) is 5.00 Å². The molecule has 1 N–H and O–H groups in total. The average Bonchev–Trinajstić information content (AvgIpc) is 2.97. The van der Waals surface area contributed by atoms with E-state index in [2.05, 4.69) is 17.1 Å². The van der Waals surface area contributed by atoms with Gasteiger partial charge < -0.3 is 14.8 Å². The molecule has 1 aromatic rings. The van der Waals surface area contributed by atoms with Crippen molar-refractivity contribution in [2.75, 3.05) is 25.0 Å². The molecule has 1 aromatic heterocycles. The first kappa shape index (κ1) is 21.3. The average molecular weight is 409 g/mol. The van der Waals surface area contributed by atoms with E-state index in [0.29, 0.717) is 23.1 Å². The number of amides is 1. The second-order valence-corrected chi connectivity index (χ2v) is 9.26. The van der Waals surface area contributed by atoms with Crippen LogP contribution >= 0.6 is 11.3 Å². The summed E-state index contributed by atoms with van der Waals surface area (Å²) in [6, 6.07) is -0.290. The maximum atomic E-state index is 13.0. The summed E-state index contributed by atoms with van der Waals surface area (Å²) in [7, 11) is 0. The van der Waals surface area contributed by atoms with Gasteiger partial charge in [-0.2, -0.15) is 0 Å². The van der Waals surface area contributed by atoms with E-state index in [0.717, 1.165) is 37.9 Å². The van der Waals surface area contributed by atoms with Crippen molar-refractivity contribution in [3.63, 3.8) is 0 Å². The summed E-state index contributed by atoms with van der Waals surface area (Å²) >= 11 is 1.54. The summed E-state index contributed by atoms with van der Waals surface area (Å²) in [4.78, 5) is 29.0. The van der Waals surface area contributed by atoms with Crippen LogP contribution in [0, 0.1) is 5.92 Å². The number of morpholine rings is 1. The monoisotopic (exact) mass is 408 g/mol. The molecule has 1 fully saturated rings. The first-order valence-electron chi connectivity index (χ1n) is 10.3. The van der Waals surface area contributed by atoms with Crippen molar-refractivity contribution in [1.29, 1.82) is 0 Å². The Morgan fingerprint density at radius 2 is 1.96 bits per heavy atom. The van der Waals surface area contributed by atoms with Crippen molar-refractivity contribution in [3.05, 3.63) is 16.0 Å². The predicted octanol–water partition coefficient (Wildman–Crippen LogP) is 3.49. The van der Waals surface area contributed by atoms with Gasteiger partial charge in [-0.1, -0.05) is 6.92 Å². The van der Waals surface area contributed by atoms with Gasteiger partial charge in [0.1, 0.15) is 5.00 Å². The van der Waals surface area contributed by atoms with Gasteiger partial charge in [0.2, 0.25) is 5.91 Å². The molecule has 0 bridgehead atoms. The van der Waals surface area contributed by atoms with Gasteiger partial charge in [0.15, 0.2) is 0 Å². The molecule has 156 valence electrons. The van der Waals surface area contributed by atoms with Crippen LogP contribution in [-0.2, 0) is 27.1 Å². The van der Waals surface area contributed by atoms with Crippen molar-refractivity contribution >= 4 is 28.2 Å². The van der Waals surface area contributed by atoms with E-state index in [9.17, 15) is 9.59 Å². The van der Waals surface area contributed by atoms with E-state index in [4.69, 9.17) is 9.47 Å². The number of nitrogens with zero attached hydrogens (tertiary/aromatic N) is 1. The fourth-order valence-electron chi connectivity index (χ4n) is 4.17. The molecule has 28 heavy (non-hydrogen) atoms. The highest BCUT2D eigenvalue weighted by Gasteiger charge is 2.32. The zero-order valence-electron chi connectivity index (χ0n) is 17.5. The lowest BCUT2D eigenvalue weighted by Crippen LogP contribution is -2.52. The number of carbonyl (C=O) groups excluding carboxylic acids is 2. The molecular formula is C21H32N2O4S. The van der Waals surface area contributed by atoms with Gasteiger partial charge in [0.05, 0.1) is 30.4 Å². The molecule has 1 amide bonds. The number of rotatable bonds is 5. The Kier molecular flexibility index (Phi) is 6.78. The molecule has 0 aromatic carbocycles. The highest BCUT2D eigenvalue weighted by molar-refractivity contribution is 7.17. The summed E-state index contributed by atoms with van der Waals surface area (Å²) in [6.07, 6.45) is 3.08. The molecule has 7 heteroatoms. The Morgan fingerprint density at radius 3 is 2.61 bits per heavy atom. The highest BCUT2D eigenvalue weighted by atomic mass is 32.1. The van der Waals surface area contributed by atoms with Gasteiger partial charge in [0.25, 0.3) is 0 Å². The smallest absolute Gasteiger partial charge is 0.341 e. The Bertz CT molecular complexity index is 722. The largest absolute Gasteiger partial charge is 0.462 e. The zero-order valence-corrected chi connectivity index (χ0v) is 18.4. The molecule has 2 aliphatic rings. The Labute approximate surface area is 171 Å². The van der Waals surface area contributed by atoms with Crippen LogP contribution in [0.25, 0.3) is 0 Å². The molecule has 1 aliphatic heterocycles. The van der Waals surface area contributed by atoms with Gasteiger partial charge in [-0.3, -0.25) is 9.69 Å². The number of ether oxygens (including phenoxy) is 2. The maximum absolute atomic E-state index is 13.0. The molecule has 0 unspecified atom stereocenters. The Balaban J connectivity index is 1.80. The minimum atomic E-state index is -0.328. The Hall–Kier alpha value is -1.44. The molecule has 4 atom stereocenters. The Morgan fingerprint density at radius 1 is 1.29 bits per heavy atom. The van der Waals surface area contributed by atoms with E-state index >= 15 is 0 Å². The van der Waals surface area contributed by atoms with E-state index in [1.807, 2.05) is 20.8 Å². The molecule has 1 saturated heterocycles. The number of esters is 1. The predicted molar refractivity (Wildman–Crippen MR) is 111 cm³/mol. The van der Waals surface area contributed by atoms with E-state index < -0.39 is 0 Å². The molecule has 1 aliphatic carbocycles. The SMILES string of the molecule is CCOC(=O)c1c(NC(=O)[C@@H](C)N2C[C@@H](C)O[C@@H](C)C2)sc2c1CC[C@@H](C)C2. The number of fused-ring (bicyclic) bond motifs is 1. The third-order valence-corrected chi connectivity index (χ3v) is 6.77. The quantitative estimate of drug-likeness (QED) is 0.756. The molecule has 0 spiro atoms. The third-order valence-electron chi connectivity index (χ3n) is 5.60. The standard InChI is InChI=1S/C21H32N2O4S/c1-6-26-21(25)18-16-8-7-12(2)9-17(16)28-20(18)22-19(24)15(5)23-10-13(3)27-14(4)11-23/h12-15H,6-11H2,1-5H3,(H,22,24)/t12-,13-,14+,15-/m1/s1. The number of nitrogens with one attached hydrogen (secondary N) is 1. The van der Waals surface area contributed by atoms with E-state index in [-0.39, 0.29) is 30.1 Å². The van der Waals surface area contributed by atoms with Crippen LogP contribution in [0.3, 0.4) is 0 Å². The fourth-order valence-corrected chi connectivity index (χ4v) is 5.58.